The van der Waals surface area contributed by atoms with E-state index >= 15 is 0 Å². The van der Waals surface area contributed by atoms with Crippen LogP contribution in [0, 0.1) is 5.92 Å². The Morgan fingerprint density at radius 2 is 1.43 bits per heavy atom. The second kappa shape index (κ2) is 15.2. The summed E-state index contributed by atoms with van der Waals surface area (Å²) in [5, 5.41) is 0. The highest BCUT2D eigenvalue weighted by atomic mass is 35.5. The monoisotopic (exact) mass is 589 g/mol. The Kier molecular flexibility index (Phi) is 11.4. The van der Waals surface area contributed by atoms with E-state index in [-0.39, 0.29) is 36.5 Å². The molecule has 1 saturated carbocycles. The molecule has 42 heavy (non-hydrogen) atoms. The van der Waals surface area contributed by atoms with Crippen LogP contribution in [-0.2, 0) is 11.3 Å². The van der Waals surface area contributed by atoms with Gasteiger partial charge < -0.3 is 19.4 Å². The molecule has 3 atom stereocenters. The summed E-state index contributed by atoms with van der Waals surface area (Å²) in [7, 11) is 1.96. The van der Waals surface area contributed by atoms with Crippen molar-refractivity contribution in [1.29, 1.82) is 0 Å². The van der Waals surface area contributed by atoms with Gasteiger partial charge in [0.15, 0.2) is 0 Å². The molecule has 0 bridgehead atoms. The largest absolute Gasteiger partial charge is 0.445 e. The van der Waals surface area contributed by atoms with Gasteiger partial charge in [0.05, 0.1) is 0 Å². The van der Waals surface area contributed by atoms with Crippen molar-refractivity contribution in [2.75, 3.05) is 33.2 Å². The van der Waals surface area contributed by atoms with Gasteiger partial charge in [-0.3, -0.25) is 4.79 Å². The van der Waals surface area contributed by atoms with Crippen molar-refractivity contribution in [3.63, 3.8) is 0 Å². The lowest BCUT2D eigenvalue weighted by atomic mass is 9.88. The first-order valence-electron chi connectivity index (χ1n) is 15.1. The summed E-state index contributed by atoms with van der Waals surface area (Å²) in [5.41, 5.74) is 3.12. The van der Waals surface area contributed by atoms with Crippen LogP contribution in [0.5, 0.6) is 0 Å². The predicted octanol–water partition coefficient (Wildman–Crippen LogP) is 6.87. The Hall–Kier alpha value is -3.35. The molecule has 1 aliphatic heterocycles. The first kappa shape index (κ1) is 31.6. The average Bonchev–Trinajstić information content (AvgIpc) is 3.45. The Morgan fingerprint density at radius 3 is 2.05 bits per heavy atom. The van der Waals surface area contributed by atoms with E-state index in [2.05, 4.69) is 35.2 Å². The van der Waals surface area contributed by atoms with E-state index < -0.39 is 0 Å². The van der Waals surface area contributed by atoms with Gasteiger partial charge in [0.1, 0.15) is 6.61 Å². The van der Waals surface area contributed by atoms with Crippen LogP contribution in [0.3, 0.4) is 0 Å². The molecular weight excluding hydrogens is 546 g/mol. The molecule has 1 heterocycles. The van der Waals surface area contributed by atoms with E-state index in [4.69, 9.17) is 4.74 Å². The Labute approximate surface area is 257 Å². The number of halogens is 1. The number of hydrogen-bond acceptors (Lipinski definition) is 4. The molecule has 0 spiro atoms. The minimum Gasteiger partial charge on any atom is -0.445 e. The Morgan fingerprint density at radius 1 is 0.833 bits per heavy atom. The van der Waals surface area contributed by atoms with Gasteiger partial charge in [-0.2, -0.15) is 0 Å². The number of nitrogens with zero attached hydrogens (tertiary/aromatic N) is 3. The number of ether oxygens (including phenoxy) is 1. The maximum Gasteiger partial charge on any atom is 0.410 e. The van der Waals surface area contributed by atoms with E-state index in [9.17, 15) is 9.59 Å². The summed E-state index contributed by atoms with van der Waals surface area (Å²) < 4.78 is 5.66. The summed E-state index contributed by atoms with van der Waals surface area (Å²) in [6.45, 7) is 5.94. The van der Waals surface area contributed by atoms with Crippen molar-refractivity contribution >= 4 is 24.4 Å². The molecule has 1 saturated heterocycles. The van der Waals surface area contributed by atoms with Crippen molar-refractivity contribution in [1.82, 2.24) is 14.7 Å². The highest BCUT2D eigenvalue weighted by Gasteiger charge is 2.40. The molecule has 1 aliphatic carbocycles. The van der Waals surface area contributed by atoms with E-state index in [1.54, 1.807) is 0 Å². The summed E-state index contributed by atoms with van der Waals surface area (Å²) in [4.78, 5) is 32.6. The minimum absolute atomic E-state index is 0. The normalized spacial score (nSPS) is 20.9. The first-order chi connectivity index (χ1) is 20.0. The number of piperidine rings is 1. The number of rotatable bonds is 9. The van der Waals surface area contributed by atoms with Crippen LogP contribution in [0.25, 0.3) is 0 Å². The SMILES string of the molecule is CCN(C(=O)OCc1ccccc1)C1CCN(CC2CC(N(C)C(=O)c3ccccc3)CC2c2ccccc2)CC1.Cl. The predicted molar refractivity (Wildman–Crippen MR) is 170 cm³/mol. The smallest absolute Gasteiger partial charge is 0.410 e. The van der Waals surface area contributed by atoms with Gasteiger partial charge in [-0.1, -0.05) is 78.9 Å². The number of benzene rings is 3. The Balaban J connectivity index is 0.00000405. The zero-order chi connectivity index (χ0) is 28.6. The van der Waals surface area contributed by atoms with Gasteiger partial charge >= 0.3 is 6.09 Å². The lowest BCUT2D eigenvalue weighted by molar-refractivity contribution is 0.0595. The Bertz CT molecular complexity index is 1250. The molecule has 3 aromatic rings. The van der Waals surface area contributed by atoms with Gasteiger partial charge in [0.2, 0.25) is 0 Å². The maximum atomic E-state index is 13.3. The zero-order valence-corrected chi connectivity index (χ0v) is 25.6. The summed E-state index contributed by atoms with van der Waals surface area (Å²) in [5.74, 6) is 0.996. The number of carbonyl (C=O) groups excluding carboxylic acids is 2. The van der Waals surface area contributed by atoms with Crippen LogP contribution in [0.15, 0.2) is 91.0 Å². The highest BCUT2D eigenvalue weighted by Crippen LogP contribution is 2.42. The molecule has 3 aromatic carbocycles. The molecule has 6 nitrogen and oxygen atoms in total. The second-order valence-corrected chi connectivity index (χ2v) is 11.5. The summed E-state index contributed by atoms with van der Waals surface area (Å²) in [6, 6.07) is 30.7. The van der Waals surface area contributed by atoms with Crippen LogP contribution in [0.2, 0.25) is 0 Å². The molecular formula is C35H44ClN3O3. The van der Waals surface area contributed by atoms with Gasteiger partial charge in [-0.05, 0) is 67.7 Å². The van der Waals surface area contributed by atoms with Crippen LogP contribution in [0.1, 0.15) is 60.0 Å². The quantitative estimate of drug-likeness (QED) is 0.273. The van der Waals surface area contributed by atoms with Crippen LogP contribution in [0.4, 0.5) is 4.79 Å². The molecule has 2 aliphatic rings. The fourth-order valence-electron chi connectivity index (χ4n) is 6.76. The van der Waals surface area contributed by atoms with Crippen molar-refractivity contribution in [2.24, 2.45) is 5.92 Å². The fourth-order valence-corrected chi connectivity index (χ4v) is 6.76. The highest BCUT2D eigenvalue weighted by molar-refractivity contribution is 5.94. The van der Waals surface area contributed by atoms with Crippen molar-refractivity contribution < 1.29 is 14.3 Å². The molecule has 2 fully saturated rings. The van der Waals surface area contributed by atoms with Gasteiger partial charge in [0, 0.05) is 50.9 Å². The molecule has 0 radical (unpaired) electrons. The first-order valence-corrected chi connectivity index (χ1v) is 15.1. The van der Waals surface area contributed by atoms with Crippen molar-refractivity contribution in [2.45, 2.75) is 57.2 Å². The van der Waals surface area contributed by atoms with Gasteiger partial charge in [-0.15, -0.1) is 12.4 Å². The molecule has 0 N–H and O–H groups in total. The maximum absolute atomic E-state index is 13.3. The van der Waals surface area contributed by atoms with Crippen molar-refractivity contribution in [3.05, 3.63) is 108 Å². The zero-order valence-electron chi connectivity index (χ0n) is 24.8. The third kappa shape index (κ3) is 7.73. The number of carbonyl (C=O) groups is 2. The van der Waals surface area contributed by atoms with E-state index in [0.717, 1.165) is 56.4 Å². The fraction of sp³-hybridized carbons (Fsp3) is 0.429. The topological polar surface area (TPSA) is 53.1 Å². The molecule has 5 rings (SSSR count). The van der Waals surface area contributed by atoms with Crippen LogP contribution >= 0.6 is 12.4 Å². The summed E-state index contributed by atoms with van der Waals surface area (Å²) in [6.07, 6.45) is 3.67. The van der Waals surface area contributed by atoms with E-state index in [0.29, 0.717) is 25.0 Å². The van der Waals surface area contributed by atoms with E-state index in [1.165, 1.54) is 5.56 Å². The molecule has 7 heteroatoms. The minimum atomic E-state index is -0.219. The van der Waals surface area contributed by atoms with E-state index in [1.807, 2.05) is 84.4 Å². The van der Waals surface area contributed by atoms with Gasteiger partial charge in [-0.25, -0.2) is 4.79 Å². The lowest BCUT2D eigenvalue weighted by Crippen LogP contribution is -2.48. The average molecular weight is 590 g/mol. The standard InChI is InChI=1S/C35H43N3O3.ClH/c1-3-38(35(40)41-26-27-13-7-4-8-14-27)31-19-21-37(22-20-31)25-30-23-32(24-33(30)28-15-9-5-10-16-28)36(2)34(39)29-17-11-6-12-18-29;/h4-18,30-33H,3,19-26H2,1-2H3;1H. The molecule has 0 aromatic heterocycles. The summed E-state index contributed by atoms with van der Waals surface area (Å²) >= 11 is 0. The third-order valence-electron chi connectivity index (χ3n) is 9.06. The van der Waals surface area contributed by atoms with Crippen LogP contribution < -0.4 is 0 Å². The number of amides is 2. The van der Waals surface area contributed by atoms with Gasteiger partial charge in [0.25, 0.3) is 5.91 Å². The number of hydrogen-bond donors (Lipinski definition) is 0. The molecule has 3 unspecified atom stereocenters. The van der Waals surface area contributed by atoms with Crippen LogP contribution in [-0.4, -0.2) is 72.0 Å². The van der Waals surface area contributed by atoms with Crippen molar-refractivity contribution in [3.8, 4) is 0 Å². The lowest BCUT2D eigenvalue weighted by Gasteiger charge is -2.39. The third-order valence-corrected chi connectivity index (χ3v) is 9.06. The molecule has 2 amide bonds. The molecule has 224 valence electrons. The number of likely N-dealkylation sites (tertiary alicyclic amines) is 1. The second-order valence-electron chi connectivity index (χ2n) is 11.5.